The number of nitrogens with two attached hydrogens (primary N) is 1. The van der Waals surface area contributed by atoms with Gasteiger partial charge in [-0.25, -0.2) is 15.0 Å². The Hall–Kier alpha value is -2.02. The molecule has 2 aromatic rings. The van der Waals surface area contributed by atoms with E-state index in [0.29, 0.717) is 11.2 Å². The molecule has 4 atom stereocenters. The lowest BCUT2D eigenvalue weighted by Crippen LogP contribution is -2.34. The van der Waals surface area contributed by atoms with Gasteiger partial charge in [-0.2, -0.15) is 0 Å². The summed E-state index contributed by atoms with van der Waals surface area (Å²) in [4.78, 5) is 23.1. The summed E-state index contributed by atoms with van der Waals surface area (Å²) in [5.74, 6) is 2.99. The van der Waals surface area contributed by atoms with E-state index in [1.807, 2.05) is 20.8 Å². The van der Waals surface area contributed by atoms with Crippen LogP contribution in [0.5, 0.6) is 0 Å². The highest BCUT2D eigenvalue weighted by atomic mass is 31.2. The van der Waals surface area contributed by atoms with Gasteiger partial charge in [-0.1, -0.05) is 0 Å². The summed E-state index contributed by atoms with van der Waals surface area (Å²) in [6.07, 6.45) is 5.29. The first-order valence-electron chi connectivity index (χ1n) is 9.99. The Bertz CT molecular complexity index is 1050. The number of anilines is 1. The molecular formula is C20H30N5O5P. The van der Waals surface area contributed by atoms with Gasteiger partial charge in [-0.15, -0.1) is 6.42 Å². The van der Waals surface area contributed by atoms with Gasteiger partial charge in [0.1, 0.15) is 18.7 Å². The van der Waals surface area contributed by atoms with Gasteiger partial charge in [0.05, 0.1) is 23.5 Å². The summed E-state index contributed by atoms with van der Waals surface area (Å²) in [7, 11) is -3.95. The molecule has 31 heavy (non-hydrogen) atoms. The molecule has 1 unspecified atom stereocenters. The smallest absolute Gasteiger partial charge is 0.333 e. The Morgan fingerprint density at radius 1 is 1.35 bits per heavy atom. The van der Waals surface area contributed by atoms with Crippen LogP contribution in [0, 0.1) is 12.3 Å². The summed E-state index contributed by atoms with van der Waals surface area (Å²) in [5.41, 5.74) is 6.29. The van der Waals surface area contributed by atoms with Crippen molar-refractivity contribution in [3.05, 3.63) is 12.2 Å². The third-order valence-corrected chi connectivity index (χ3v) is 7.16. The van der Waals surface area contributed by atoms with E-state index in [1.165, 1.54) is 6.33 Å². The quantitative estimate of drug-likeness (QED) is 0.520. The number of nitrogens with zero attached hydrogens (tertiary/aromatic N) is 4. The first-order chi connectivity index (χ1) is 14.2. The van der Waals surface area contributed by atoms with Crippen LogP contribution >= 0.6 is 7.60 Å². The van der Waals surface area contributed by atoms with Gasteiger partial charge < -0.3 is 24.6 Å². The van der Waals surface area contributed by atoms with E-state index in [-0.39, 0.29) is 24.7 Å². The van der Waals surface area contributed by atoms with Gasteiger partial charge in [0.15, 0.2) is 22.8 Å². The maximum Gasteiger partial charge on any atom is 0.333 e. The van der Waals surface area contributed by atoms with Crippen molar-refractivity contribution < 1.29 is 23.5 Å². The zero-order valence-electron chi connectivity index (χ0n) is 18.7. The minimum atomic E-state index is -3.95. The van der Waals surface area contributed by atoms with E-state index in [1.54, 1.807) is 25.3 Å². The SMILES string of the molecule is C#Cc1nc2c(N)ncnc2n1[C@H]1C[C@H](OP(=O)(O)C(C)(C)C)[C@@H](COC(C)(C)C)O1. The molecule has 2 aromatic heterocycles. The van der Waals surface area contributed by atoms with Crippen LogP contribution in [0.3, 0.4) is 0 Å². The molecule has 1 saturated heterocycles. The largest absolute Gasteiger partial charge is 0.382 e. The number of nitrogen functional groups attached to an aromatic ring is 1. The lowest BCUT2D eigenvalue weighted by molar-refractivity contribution is -0.0965. The Labute approximate surface area is 182 Å². The molecule has 11 heteroatoms. The van der Waals surface area contributed by atoms with Crippen LogP contribution in [0.1, 0.15) is 60.0 Å². The van der Waals surface area contributed by atoms with Crippen molar-refractivity contribution in [1.82, 2.24) is 19.5 Å². The van der Waals surface area contributed by atoms with E-state index in [2.05, 4.69) is 20.9 Å². The number of hydrogen-bond acceptors (Lipinski definition) is 8. The van der Waals surface area contributed by atoms with Crippen LogP contribution in [0.2, 0.25) is 0 Å². The lowest BCUT2D eigenvalue weighted by Gasteiger charge is -2.30. The van der Waals surface area contributed by atoms with E-state index in [9.17, 15) is 9.46 Å². The molecule has 1 fully saturated rings. The van der Waals surface area contributed by atoms with Crippen LogP contribution in [0.15, 0.2) is 6.33 Å². The van der Waals surface area contributed by atoms with Crippen LogP contribution < -0.4 is 5.73 Å². The van der Waals surface area contributed by atoms with Crippen molar-refractivity contribution in [2.75, 3.05) is 12.3 Å². The minimum Gasteiger partial charge on any atom is -0.382 e. The van der Waals surface area contributed by atoms with Gasteiger partial charge in [0.25, 0.3) is 0 Å². The van der Waals surface area contributed by atoms with Gasteiger partial charge >= 0.3 is 7.60 Å². The first kappa shape index (κ1) is 23.6. The fraction of sp³-hybridized carbons (Fsp3) is 0.650. The fourth-order valence-electron chi connectivity index (χ4n) is 3.09. The van der Waals surface area contributed by atoms with Crippen molar-refractivity contribution in [2.45, 2.75) is 77.2 Å². The summed E-state index contributed by atoms with van der Waals surface area (Å²) in [6, 6.07) is 0. The highest BCUT2D eigenvalue weighted by molar-refractivity contribution is 7.54. The average Bonchev–Trinajstić information content (AvgIpc) is 3.19. The highest BCUT2D eigenvalue weighted by Crippen LogP contribution is 2.57. The number of hydrogen-bond donors (Lipinski definition) is 2. The van der Waals surface area contributed by atoms with E-state index in [4.69, 9.17) is 26.2 Å². The van der Waals surface area contributed by atoms with E-state index < -0.39 is 36.8 Å². The van der Waals surface area contributed by atoms with Crippen LogP contribution in [-0.4, -0.2) is 54.0 Å². The van der Waals surface area contributed by atoms with Crippen molar-refractivity contribution in [3.8, 4) is 12.3 Å². The monoisotopic (exact) mass is 451 g/mol. The zero-order chi connectivity index (χ0) is 23.2. The molecule has 0 spiro atoms. The average molecular weight is 451 g/mol. The molecule has 1 aliphatic rings. The Morgan fingerprint density at radius 2 is 2.03 bits per heavy atom. The Balaban J connectivity index is 1.97. The van der Waals surface area contributed by atoms with Crippen molar-refractivity contribution in [3.63, 3.8) is 0 Å². The summed E-state index contributed by atoms with van der Waals surface area (Å²) < 4.78 is 32.3. The van der Waals surface area contributed by atoms with Crippen molar-refractivity contribution in [2.24, 2.45) is 0 Å². The molecule has 3 heterocycles. The molecule has 0 aromatic carbocycles. The third kappa shape index (κ3) is 4.92. The molecule has 0 radical (unpaired) electrons. The number of terminal acetylenes is 1. The number of fused-ring (bicyclic) bond motifs is 1. The fourth-order valence-corrected chi connectivity index (χ4v) is 4.00. The summed E-state index contributed by atoms with van der Waals surface area (Å²) >= 11 is 0. The highest BCUT2D eigenvalue weighted by Gasteiger charge is 2.46. The second-order valence-electron chi connectivity index (χ2n) is 9.50. The summed E-state index contributed by atoms with van der Waals surface area (Å²) in [6.45, 7) is 10.9. The molecule has 0 aliphatic carbocycles. The second kappa shape index (κ2) is 8.15. The molecule has 170 valence electrons. The molecule has 1 aliphatic heterocycles. The topological polar surface area (TPSA) is 135 Å². The molecule has 0 bridgehead atoms. The maximum absolute atomic E-state index is 12.9. The summed E-state index contributed by atoms with van der Waals surface area (Å²) in [5, 5.41) is -0.951. The lowest BCUT2D eigenvalue weighted by atomic mass is 10.1. The molecule has 0 saturated carbocycles. The molecule has 3 N–H and O–H groups in total. The van der Waals surface area contributed by atoms with Gasteiger partial charge in [-0.3, -0.25) is 9.13 Å². The third-order valence-electron chi connectivity index (χ3n) is 4.91. The normalized spacial score (nSPS) is 24.3. The van der Waals surface area contributed by atoms with Crippen LogP contribution in [0.25, 0.3) is 11.2 Å². The van der Waals surface area contributed by atoms with E-state index >= 15 is 0 Å². The zero-order valence-corrected chi connectivity index (χ0v) is 19.6. The molecular weight excluding hydrogens is 421 g/mol. The van der Waals surface area contributed by atoms with Gasteiger partial charge in [0.2, 0.25) is 0 Å². The van der Waals surface area contributed by atoms with E-state index in [0.717, 1.165) is 0 Å². The predicted molar refractivity (Wildman–Crippen MR) is 116 cm³/mol. The van der Waals surface area contributed by atoms with Gasteiger partial charge in [-0.05, 0) is 47.5 Å². The minimum absolute atomic E-state index is 0.171. The number of aromatic nitrogens is 4. The first-order valence-corrected chi connectivity index (χ1v) is 11.6. The van der Waals surface area contributed by atoms with Crippen LogP contribution in [0.4, 0.5) is 5.82 Å². The molecule has 3 rings (SSSR count). The predicted octanol–water partition coefficient (Wildman–Crippen LogP) is 2.86. The second-order valence-corrected chi connectivity index (χ2v) is 12.1. The maximum atomic E-state index is 12.9. The standard InChI is InChI=1S/C20H30N5O5P/c1-8-14-24-16-17(21)22-11-23-18(16)25(14)15-9-12(30-31(26,27)20(5,6)7)13(29-15)10-28-19(2,3)4/h1,11-13,15H,9-10H2,2-7H3,(H,26,27)(H2,21,22,23)/t12-,13+,15+/m0/s1. The van der Waals surface area contributed by atoms with Crippen molar-refractivity contribution in [1.29, 1.82) is 0 Å². The Kier molecular flexibility index (Phi) is 6.22. The molecule has 10 nitrogen and oxygen atoms in total. The number of rotatable bonds is 5. The Morgan fingerprint density at radius 3 is 2.61 bits per heavy atom. The van der Waals surface area contributed by atoms with Crippen molar-refractivity contribution >= 4 is 24.6 Å². The van der Waals surface area contributed by atoms with Crippen LogP contribution in [-0.2, 0) is 18.6 Å². The number of imidazole rings is 1. The molecule has 0 amide bonds. The number of ether oxygens (including phenoxy) is 2. The van der Waals surface area contributed by atoms with Gasteiger partial charge in [0, 0.05) is 6.42 Å².